The zero-order valence-corrected chi connectivity index (χ0v) is 11.5. The van der Waals surface area contributed by atoms with Gasteiger partial charge < -0.3 is 5.73 Å². The number of nitrogens with zero attached hydrogens (tertiary/aromatic N) is 4. The van der Waals surface area contributed by atoms with Crippen LogP contribution < -0.4 is 5.73 Å². The molecular formula is C10H16ClN5S. The van der Waals surface area contributed by atoms with Gasteiger partial charge >= 0.3 is 0 Å². The van der Waals surface area contributed by atoms with Crippen molar-refractivity contribution in [2.24, 2.45) is 0 Å². The van der Waals surface area contributed by atoms with Crippen molar-refractivity contribution in [3.05, 3.63) is 6.20 Å². The molecule has 7 heteroatoms. The normalized spacial score (nSPS) is 10.5. The molecule has 94 valence electrons. The van der Waals surface area contributed by atoms with E-state index in [-0.39, 0.29) is 12.4 Å². The fourth-order valence-corrected chi connectivity index (χ4v) is 2.15. The van der Waals surface area contributed by atoms with E-state index in [1.54, 1.807) is 18.0 Å². The molecule has 0 saturated heterocycles. The third kappa shape index (κ3) is 2.81. The first kappa shape index (κ1) is 14.1. The van der Waals surface area contributed by atoms with Crippen LogP contribution in [0.1, 0.15) is 20.3 Å². The van der Waals surface area contributed by atoms with Crippen LogP contribution in [0.5, 0.6) is 0 Å². The molecule has 0 radical (unpaired) electrons. The third-order valence-corrected chi connectivity index (χ3v) is 3.29. The maximum absolute atomic E-state index is 5.88. The average molecular weight is 274 g/mol. The molecule has 0 aliphatic carbocycles. The van der Waals surface area contributed by atoms with Crippen molar-refractivity contribution in [1.82, 2.24) is 19.7 Å². The lowest BCUT2D eigenvalue weighted by atomic mass is 10.4. The molecule has 0 aromatic carbocycles. The van der Waals surface area contributed by atoms with Crippen molar-refractivity contribution in [3.8, 4) is 0 Å². The van der Waals surface area contributed by atoms with Crippen molar-refractivity contribution in [2.45, 2.75) is 32.0 Å². The molecule has 2 N–H and O–H groups in total. The lowest BCUT2D eigenvalue weighted by Gasteiger charge is -2.02. The van der Waals surface area contributed by atoms with E-state index < -0.39 is 0 Å². The van der Waals surface area contributed by atoms with Crippen molar-refractivity contribution in [2.75, 3.05) is 11.5 Å². The molecule has 0 amide bonds. The highest BCUT2D eigenvalue weighted by molar-refractivity contribution is 7.99. The number of nitrogen functional groups attached to an aromatic ring is 1. The minimum Gasteiger partial charge on any atom is -0.383 e. The van der Waals surface area contributed by atoms with E-state index in [9.17, 15) is 0 Å². The Kier molecular flexibility index (Phi) is 5.02. The smallest absolute Gasteiger partial charge is 0.191 e. The van der Waals surface area contributed by atoms with Gasteiger partial charge in [0.25, 0.3) is 0 Å². The van der Waals surface area contributed by atoms with Crippen LogP contribution in [0.4, 0.5) is 5.82 Å². The summed E-state index contributed by atoms with van der Waals surface area (Å²) in [6.45, 7) is 4.95. The van der Waals surface area contributed by atoms with Crippen LogP contribution in [0, 0.1) is 0 Å². The number of anilines is 1. The summed E-state index contributed by atoms with van der Waals surface area (Å²) in [6, 6.07) is 0. The second kappa shape index (κ2) is 6.07. The summed E-state index contributed by atoms with van der Waals surface area (Å²) < 4.78 is 1.84. The van der Waals surface area contributed by atoms with E-state index in [1.807, 2.05) is 11.6 Å². The Bertz CT molecular complexity index is 499. The number of hydrogen-bond acceptors (Lipinski definition) is 5. The molecule has 2 heterocycles. The molecule has 2 aromatic rings. The molecule has 0 unspecified atom stereocenters. The molecule has 0 spiro atoms. The van der Waals surface area contributed by atoms with Gasteiger partial charge in [-0.15, -0.1) is 12.4 Å². The Labute approximate surface area is 111 Å². The van der Waals surface area contributed by atoms with Crippen molar-refractivity contribution in [3.63, 3.8) is 0 Å². The zero-order valence-electron chi connectivity index (χ0n) is 9.88. The van der Waals surface area contributed by atoms with Gasteiger partial charge in [-0.25, -0.2) is 14.6 Å². The van der Waals surface area contributed by atoms with E-state index in [0.29, 0.717) is 5.82 Å². The molecule has 0 fully saturated rings. The predicted octanol–water partition coefficient (Wildman–Crippen LogP) is 2.35. The van der Waals surface area contributed by atoms with Gasteiger partial charge in [-0.2, -0.15) is 5.10 Å². The monoisotopic (exact) mass is 273 g/mol. The minimum absolute atomic E-state index is 0. The molecule has 0 bridgehead atoms. The summed E-state index contributed by atoms with van der Waals surface area (Å²) in [6.07, 6.45) is 2.82. The van der Waals surface area contributed by atoms with Crippen molar-refractivity contribution >= 4 is 41.0 Å². The van der Waals surface area contributed by atoms with Gasteiger partial charge in [0, 0.05) is 12.3 Å². The Hall–Kier alpha value is -1.01. The first-order valence-corrected chi connectivity index (χ1v) is 6.36. The highest BCUT2D eigenvalue weighted by atomic mass is 35.5. The molecule has 5 nitrogen and oxygen atoms in total. The van der Waals surface area contributed by atoms with E-state index in [0.717, 1.165) is 34.9 Å². The largest absolute Gasteiger partial charge is 0.383 e. The second-order valence-electron chi connectivity index (χ2n) is 3.44. The second-order valence-corrected chi connectivity index (χ2v) is 4.50. The average Bonchev–Trinajstić information content (AvgIpc) is 2.69. The van der Waals surface area contributed by atoms with E-state index in [2.05, 4.69) is 22.0 Å². The fraction of sp³-hybridized carbons (Fsp3) is 0.500. The lowest BCUT2D eigenvalue weighted by Crippen LogP contribution is -2.01. The Balaban J connectivity index is 0.00000144. The molecule has 17 heavy (non-hydrogen) atoms. The van der Waals surface area contributed by atoms with Gasteiger partial charge in [0.2, 0.25) is 0 Å². The third-order valence-electron chi connectivity index (χ3n) is 2.24. The van der Waals surface area contributed by atoms with Crippen LogP contribution in [0.15, 0.2) is 11.4 Å². The summed E-state index contributed by atoms with van der Waals surface area (Å²) in [4.78, 5) is 8.74. The summed E-state index contributed by atoms with van der Waals surface area (Å²) in [7, 11) is 0. The van der Waals surface area contributed by atoms with Crippen LogP contribution in [-0.4, -0.2) is 25.5 Å². The van der Waals surface area contributed by atoms with Gasteiger partial charge in [0.15, 0.2) is 10.8 Å². The maximum Gasteiger partial charge on any atom is 0.191 e. The molecule has 2 aromatic heterocycles. The van der Waals surface area contributed by atoms with Gasteiger partial charge in [0.1, 0.15) is 5.82 Å². The summed E-state index contributed by atoms with van der Waals surface area (Å²) in [5.41, 5.74) is 6.71. The van der Waals surface area contributed by atoms with E-state index in [1.165, 1.54) is 0 Å². The lowest BCUT2D eigenvalue weighted by molar-refractivity contribution is 0.673. The van der Waals surface area contributed by atoms with Gasteiger partial charge in [-0.05, 0) is 13.3 Å². The molecule has 2 rings (SSSR count). The number of rotatable bonds is 4. The first-order valence-electron chi connectivity index (χ1n) is 5.38. The van der Waals surface area contributed by atoms with Crippen LogP contribution in [0.25, 0.3) is 11.0 Å². The Morgan fingerprint density at radius 2 is 2.12 bits per heavy atom. The van der Waals surface area contributed by atoms with E-state index in [4.69, 9.17) is 5.73 Å². The Morgan fingerprint density at radius 3 is 2.76 bits per heavy atom. The summed E-state index contributed by atoms with van der Waals surface area (Å²) in [5, 5.41) is 5.79. The zero-order chi connectivity index (χ0) is 11.5. The van der Waals surface area contributed by atoms with Gasteiger partial charge in [-0.3, -0.25) is 0 Å². The standard InChI is InChI=1S/C10H15N5S.ClH/c1-3-5-16-10-13-8(11)7-6-12-15(4-2)9(7)14-10;/h6H,3-5H2,1-2H3,(H2,11,13,14);1H. The number of fused-ring (bicyclic) bond motifs is 1. The van der Waals surface area contributed by atoms with Crippen molar-refractivity contribution < 1.29 is 0 Å². The van der Waals surface area contributed by atoms with Crippen LogP contribution in [0.3, 0.4) is 0 Å². The number of aryl methyl sites for hydroxylation is 1. The van der Waals surface area contributed by atoms with Crippen LogP contribution in [0.2, 0.25) is 0 Å². The highest BCUT2D eigenvalue weighted by Gasteiger charge is 2.09. The highest BCUT2D eigenvalue weighted by Crippen LogP contribution is 2.22. The molecular weight excluding hydrogens is 258 g/mol. The maximum atomic E-state index is 5.88. The quantitative estimate of drug-likeness (QED) is 0.684. The SMILES string of the molecule is CCCSc1nc(N)c2cnn(CC)c2n1.Cl. The van der Waals surface area contributed by atoms with Crippen molar-refractivity contribution in [1.29, 1.82) is 0 Å². The Morgan fingerprint density at radius 1 is 1.35 bits per heavy atom. The van der Waals surface area contributed by atoms with E-state index >= 15 is 0 Å². The number of thioether (sulfide) groups is 1. The fourth-order valence-electron chi connectivity index (χ4n) is 1.45. The number of nitrogens with two attached hydrogens (primary N) is 1. The topological polar surface area (TPSA) is 69.6 Å². The number of hydrogen-bond donors (Lipinski definition) is 1. The first-order chi connectivity index (χ1) is 7.76. The number of halogens is 1. The van der Waals surface area contributed by atoms with Gasteiger partial charge in [0.05, 0.1) is 11.6 Å². The molecule has 0 saturated carbocycles. The van der Waals surface area contributed by atoms with Crippen LogP contribution >= 0.6 is 24.2 Å². The molecule has 0 atom stereocenters. The summed E-state index contributed by atoms with van der Waals surface area (Å²) in [5.74, 6) is 1.52. The molecule has 0 aliphatic heterocycles. The van der Waals surface area contributed by atoms with Crippen LogP contribution in [-0.2, 0) is 6.54 Å². The number of aromatic nitrogens is 4. The van der Waals surface area contributed by atoms with Gasteiger partial charge in [-0.1, -0.05) is 18.7 Å². The minimum atomic E-state index is 0. The molecule has 0 aliphatic rings. The summed E-state index contributed by atoms with van der Waals surface area (Å²) >= 11 is 1.63. The predicted molar refractivity (Wildman–Crippen MR) is 73.7 cm³/mol.